The lowest BCUT2D eigenvalue weighted by Crippen LogP contribution is -2.34. The van der Waals surface area contributed by atoms with E-state index in [0.717, 1.165) is 11.1 Å². The van der Waals surface area contributed by atoms with Crippen molar-refractivity contribution in [1.29, 1.82) is 0 Å². The van der Waals surface area contributed by atoms with Crippen LogP contribution in [0.2, 0.25) is 0 Å². The molecule has 3 rings (SSSR count). The molecule has 3 aromatic rings. The Morgan fingerprint density at radius 3 is 2.04 bits per heavy atom. The number of nitrogens with zero attached hydrogens (tertiary/aromatic N) is 2. The quantitative estimate of drug-likeness (QED) is 0.440. The Kier molecular flexibility index (Phi) is 5.46. The van der Waals surface area contributed by atoms with E-state index in [1.807, 2.05) is 44.2 Å². The molecule has 0 heterocycles. The fraction of sp³-hybridized carbons (Fsp3) is 0.143. The summed E-state index contributed by atoms with van der Waals surface area (Å²) < 4.78 is 28.3. The zero-order valence-electron chi connectivity index (χ0n) is 15.5. The summed E-state index contributed by atoms with van der Waals surface area (Å²) in [6.07, 6.45) is 0. The number of non-ortho nitro benzene ring substituents is 1. The van der Waals surface area contributed by atoms with Gasteiger partial charge < -0.3 is 0 Å². The van der Waals surface area contributed by atoms with Crippen LogP contribution in [0.1, 0.15) is 24.1 Å². The largest absolute Gasteiger partial charge is 0.269 e. The summed E-state index contributed by atoms with van der Waals surface area (Å²) in [6.45, 7) is 3.77. The SMILES string of the molecule is Cc1ccccc1[C@@H](C)N(c1ccccc1)S(=O)(=O)c1ccc([N+](=O)[O-])cc1. The molecule has 0 aromatic heterocycles. The highest BCUT2D eigenvalue weighted by atomic mass is 32.2. The summed E-state index contributed by atoms with van der Waals surface area (Å²) >= 11 is 0. The monoisotopic (exact) mass is 396 g/mol. The average Bonchev–Trinajstić information content (AvgIpc) is 2.69. The van der Waals surface area contributed by atoms with Crippen LogP contribution < -0.4 is 4.31 Å². The van der Waals surface area contributed by atoms with E-state index in [2.05, 4.69) is 0 Å². The molecular formula is C21H20N2O4S. The fourth-order valence-corrected chi connectivity index (χ4v) is 4.82. The van der Waals surface area contributed by atoms with E-state index in [0.29, 0.717) is 5.69 Å². The highest BCUT2D eigenvalue weighted by molar-refractivity contribution is 7.92. The van der Waals surface area contributed by atoms with Crippen LogP contribution in [0.5, 0.6) is 0 Å². The predicted octanol–water partition coefficient (Wildman–Crippen LogP) is 4.86. The van der Waals surface area contributed by atoms with Crippen LogP contribution in [0.4, 0.5) is 11.4 Å². The van der Waals surface area contributed by atoms with Gasteiger partial charge in [-0.1, -0.05) is 42.5 Å². The van der Waals surface area contributed by atoms with E-state index in [1.165, 1.54) is 28.6 Å². The zero-order valence-corrected chi connectivity index (χ0v) is 16.3. The molecule has 7 heteroatoms. The summed E-state index contributed by atoms with van der Waals surface area (Å²) in [5.74, 6) is 0. The molecule has 0 N–H and O–H groups in total. The van der Waals surface area contributed by atoms with E-state index in [9.17, 15) is 18.5 Å². The number of para-hydroxylation sites is 1. The maximum atomic E-state index is 13.5. The van der Waals surface area contributed by atoms with Gasteiger partial charge >= 0.3 is 0 Å². The first kappa shape index (κ1) is 19.6. The summed E-state index contributed by atoms with van der Waals surface area (Å²) in [5, 5.41) is 10.9. The van der Waals surface area contributed by atoms with Gasteiger partial charge in [-0.25, -0.2) is 8.42 Å². The van der Waals surface area contributed by atoms with Crippen molar-refractivity contribution >= 4 is 21.4 Å². The lowest BCUT2D eigenvalue weighted by atomic mass is 10.0. The van der Waals surface area contributed by atoms with Crippen molar-refractivity contribution < 1.29 is 13.3 Å². The lowest BCUT2D eigenvalue weighted by molar-refractivity contribution is -0.384. The standard InChI is InChI=1S/C21H20N2O4S/c1-16-8-6-7-11-21(16)17(2)22(18-9-4-3-5-10-18)28(26,27)20-14-12-19(13-15-20)23(24)25/h3-15,17H,1-2H3/t17-/m1/s1. The fourth-order valence-electron chi connectivity index (χ4n) is 3.18. The van der Waals surface area contributed by atoms with Crippen molar-refractivity contribution in [2.24, 2.45) is 0 Å². The summed E-state index contributed by atoms with van der Waals surface area (Å²) in [5.41, 5.74) is 2.24. The number of sulfonamides is 1. The third-order valence-corrected chi connectivity index (χ3v) is 6.52. The van der Waals surface area contributed by atoms with Gasteiger partial charge in [-0.2, -0.15) is 0 Å². The first-order valence-electron chi connectivity index (χ1n) is 8.72. The lowest BCUT2D eigenvalue weighted by Gasteiger charge is -2.31. The van der Waals surface area contributed by atoms with E-state index in [4.69, 9.17) is 0 Å². The number of benzene rings is 3. The van der Waals surface area contributed by atoms with Gasteiger partial charge in [-0.05, 0) is 49.2 Å². The normalized spacial score (nSPS) is 12.4. The Labute approximate surface area is 164 Å². The molecule has 1 atom stereocenters. The van der Waals surface area contributed by atoms with Gasteiger partial charge in [0.15, 0.2) is 0 Å². The molecule has 0 unspecified atom stereocenters. The molecule has 0 aliphatic carbocycles. The molecule has 0 radical (unpaired) electrons. The number of aryl methyl sites for hydroxylation is 1. The van der Waals surface area contributed by atoms with E-state index in [1.54, 1.807) is 24.3 Å². The number of nitro groups is 1. The second kappa shape index (κ2) is 7.82. The minimum Gasteiger partial charge on any atom is -0.259 e. The molecule has 6 nitrogen and oxygen atoms in total. The summed E-state index contributed by atoms with van der Waals surface area (Å²) in [6, 6.07) is 20.9. The maximum absolute atomic E-state index is 13.5. The van der Waals surface area contributed by atoms with Crippen molar-refractivity contribution in [3.05, 3.63) is 100 Å². The first-order chi connectivity index (χ1) is 13.3. The van der Waals surface area contributed by atoms with Crippen molar-refractivity contribution in [3.8, 4) is 0 Å². The van der Waals surface area contributed by atoms with Gasteiger partial charge in [0.2, 0.25) is 0 Å². The predicted molar refractivity (Wildman–Crippen MR) is 109 cm³/mol. The van der Waals surface area contributed by atoms with E-state index < -0.39 is 21.0 Å². The smallest absolute Gasteiger partial charge is 0.259 e. The van der Waals surface area contributed by atoms with Crippen LogP contribution in [0.25, 0.3) is 0 Å². The third-order valence-electron chi connectivity index (χ3n) is 4.61. The molecule has 0 saturated heterocycles. The van der Waals surface area contributed by atoms with E-state index in [-0.39, 0.29) is 10.6 Å². The first-order valence-corrected chi connectivity index (χ1v) is 10.2. The minimum absolute atomic E-state index is 0.00221. The second-order valence-corrected chi connectivity index (χ2v) is 8.23. The maximum Gasteiger partial charge on any atom is 0.269 e. The van der Waals surface area contributed by atoms with Crippen LogP contribution in [-0.2, 0) is 10.0 Å². The van der Waals surface area contributed by atoms with E-state index >= 15 is 0 Å². The van der Waals surface area contributed by atoms with Crippen molar-refractivity contribution in [1.82, 2.24) is 0 Å². The molecule has 0 amide bonds. The molecule has 3 aromatic carbocycles. The minimum atomic E-state index is -3.95. The molecule has 0 bridgehead atoms. The molecule has 0 fully saturated rings. The molecule has 0 spiro atoms. The Morgan fingerprint density at radius 1 is 0.893 bits per heavy atom. The number of anilines is 1. The van der Waals surface area contributed by atoms with Crippen LogP contribution in [0.3, 0.4) is 0 Å². The van der Waals surface area contributed by atoms with Gasteiger partial charge in [-0.3, -0.25) is 14.4 Å². The Bertz CT molecular complexity index is 1080. The van der Waals surface area contributed by atoms with Gasteiger partial charge in [-0.15, -0.1) is 0 Å². The number of rotatable bonds is 6. The van der Waals surface area contributed by atoms with Crippen molar-refractivity contribution in [2.75, 3.05) is 4.31 Å². The number of hydrogen-bond donors (Lipinski definition) is 0. The van der Waals surface area contributed by atoms with Crippen molar-refractivity contribution in [3.63, 3.8) is 0 Å². The Hall–Kier alpha value is -3.19. The Morgan fingerprint density at radius 2 is 1.46 bits per heavy atom. The van der Waals surface area contributed by atoms with Crippen LogP contribution in [0, 0.1) is 17.0 Å². The average molecular weight is 396 g/mol. The Balaban J connectivity index is 2.13. The van der Waals surface area contributed by atoms with Crippen LogP contribution in [-0.4, -0.2) is 13.3 Å². The third kappa shape index (κ3) is 3.75. The van der Waals surface area contributed by atoms with Gasteiger partial charge in [0, 0.05) is 12.1 Å². The second-order valence-electron chi connectivity index (χ2n) is 6.42. The van der Waals surface area contributed by atoms with Crippen molar-refractivity contribution in [2.45, 2.75) is 24.8 Å². The molecule has 144 valence electrons. The molecular weight excluding hydrogens is 376 g/mol. The summed E-state index contributed by atoms with van der Waals surface area (Å²) in [4.78, 5) is 10.3. The highest BCUT2D eigenvalue weighted by Gasteiger charge is 2.31. The molecule has 0 aliphatic heterocycles. The van der Waals surface area contributed by atoms with Gasteiger partial charge in [0.1, 0.15) is 0 Å². The van der Waals surface area contributed by atoms with Gasteiger partial charge in [0.05, 0.1) is 21.5 Å². The van der Waals surface area contributed by atoms with Crippen LogP contribution in [0.15, 0.2) is 83.8 Å². The topological polar surface area (TPSA) is 80.5 Å². The highest BCUT2D eigenvalue weighted by Crippen LogP contribution is 2.34. The van der Waals surface area contributed by atoms with Crippen LogP contribution >= 0.6 is 0 Å². The summed E-state index contributed by atoms with van der Waals surface area (Å²) in [7, 11) is -3.95. The zero-order chi connectivity index (χ0) is 20.3. The number of hydrogen-bond acceptors (Lipinski definition) is 4. The van der Waals surface area contributed by atoms with Gasteiger partial charge in [0.25, 0.3) is 15.7 Å². The number of nitro benzene ring substituents is 1. The molecule has 0 aliphatic rings. The molecule has 0 saturated carbocycles. The molecule has 28 heavy (non-hydrogen) atoms.